The average Bonchev–Trinajstić information content (AvgIpc) is 2.65. The molecular formula is C17H15N3O4S. The maximum absolute atomic E-state index is 12.8. The third-order valence-corrected chi connectivity index (χ3v) is 4.36. The number of nitrogens with zero attached hydrogens (tertiary/aromatic N) is 3. The van der Waals surface area contributed by atoms with Gasteiger partial charge in [-0.25, -0.2) is 0 Å². The lowest BCUT2D eigenvalue weighted by molar-refractivity contribution is -0.385. The van der Waals surface area contributed by atoms with Gasteiger partial charge in [-0.2, -0.15) is 5.26 Å². The highest BCUT2D eigenvalue weighted by Crippen LogP contribution is 2.35. The Labute approximate surface area is 149 Å². The van der Waals surface area contributed by atoms with Gasteiger partial charge in [0.2, 0.25) is 0 Å². The van der Waals surface area contributed by atoms with E-state index >= 15 is 0 Å². The van der Waals surface area contributed by atoms with Crippen molar-refractivity contribution in [1.82, 2.24) is 0 Å². The first-order valence-electron chi connectivity index (χ1n) is 7.11. The number of carbonyl (C=O) groups is 1. The largest absolute Gasteiger partial charge is 0.495 e. The van der Waals surface area contributed by atoms with E-state index in [2.05, 4.69) is 0 Å². The zero-order chi connectivity index (χ0) is 18.6. The molecule has 2 aromatic carbocycles. The summed E-state index contributed by atoms with van der Waals surface area (Å²) in [5.41, 5.74) is 0.494. The van der Waals surface area contributed by atoms with Crippen LogP contribution in [0.1, 0.15) is 15.9 Å². The number of hydrogen-bond acceptors (Lipinski definition) is 6. The second kappa shape index (κ2) is 7.68. The monoisotopic (exact) mass is 357 g/mol. The lowest BCUT2D eigenvalue weighted by Gasteiger charge is -2.18. The molecule has 0 saturated carbocycles. The first kappa shape index (κ1) is 18.3. The topological polar surface area (TPSA) is 96.5 Å². The molecule has 128 valence electrons. The van der Waals surface area contributed by atoms with Gasteiger partial charge < -0.3 is 9.64 Å². The van der Waals surface area contributed by atoms with Gasteiger partial charge in [-0.3, -0.25) is 14.9 Å². The molecule has 1 amide bonds. The summed E-state index contributed by atoms with van der Waals surface area (Å²) >= 11 is 1.32. The molecule has 2 aromatic rings. The summed E-state index contributed by atoms with van der Waals surface area (Å²) in [6.07, 6.45) is 1.79. The van der Waals surface area contributed by atoms with E-state index in [0.717, 1.165) is 0 Å². The molecular weight excluding hydrogens is 342 g/mol. The number of nitro groups is 1. The normalized spacial score (nSPS) is 10.0. The molecule has 0 radical (unpaired) electrons. The molecule has 0 aliphatic carbocycles. The van der Waals surface area contributed by atoms with Crippen LogP contribution in [0.2, 0.25) is 0 Å². The van der Waals surface area contributed by atoms with Crippen LogP contribution in [0.25, 0.3) is 0 Å². The number of ether oxygens (including phenoxy) is 1. The number of carbonyl (C=O) groups excluding carboxylic acids is 1. The number of nitro benzene ring substituents is 1. The fourth-order valence-corrected chi connectivity index (χ4v) is 2.85. The first-order valence-corrected chi connectivity index (χ1v) is 8.34. The fraction of sp³-hybridized carbons (Fsp3) is 0.176. The lowest BCUT2D eigenvalue weighted by atomic mass is 10.1. The quantitative estimate of drug-likeness (QED) is 0.462. The highest BCUT2D eigenvalue weighted by molar-refractivity contribution is 7.98. The molecule has 0 aromatic heterocycles. The molecule has 2 rings (SSSR count). The van der Waals surface area contributed by atoms with E-state index in [1.807, 2.05) is 6.07 Å². The molecule has 0 spiro atoms. The Morgan fingerprint density at radius 1 is 1.36 bits per heavy atom. The maximum atomic E-state index is 12.8. The Morgan fingerprint density at radius 3 is 2.64 bits per heavy atom. The van der Waals surface area contributed by atoms with E-state index in [9.17, 15) is 14.9 Å². The molecule has 25 heavy (non-hydrogen) atoms. The van der Waals surface area contributed by atoms with Gasteiger partial charge in [0, 0.05) is 12.7 Å². The zero-order valence-corrected chi connectivity index (χ0v) is 14.7. The molecule has 0 bridgehead atoms. The Balaban J connectivity index is 2.53. The number of methoxy groups -OCH3 is 1. The van der Waals surface area contributed by atoms with Gasteiger partial charge in [0.15, 0.2) is 0 Å². The predicted octanol–water partition coefficient (Wildman–Crippen LogP) is 3.47. The van der Waals surface area contributed by atoms with Crippen molar-refractivity contribution in [1.29, 1.82) is 5.26 Å². The van der Waals surface area contributed by atoms with Gasteiger partial charge in [-0.1, -0.05) is 6.07 Å². The van der Waals surface area contributed by atoms with Crippen molar-refractivity contribution >= 4 is 29.0 Å². The molecule has 0 unspecified atom stereocenters. The van der Waals surface area contributed by atoms with E-state index in [1.165, 1.54) is 43.0 Å². The second-order valence-corrected chi connectivity index (χ2v) is 5.86. The zero-order valence-electron chi connectivity index (χ0n) is 13.8. The third kappa shape index (κ3) is 3.72. The van der Waals surface area contributed by atoms with Crippen LogP contribution in [0, 0.1) is 21.4 Å². The second-order valence-electron chi connectivity index (χ2n) is 5.01. The summed E-state index contributed by atoms with van der Waals surface area (Å²) in [5, 5.41) is 20.4. The van der Waals surface area contributed by atoms with Crippen molar-refractivity contribution in [2.75, 3.05) is 25.3 Å². The highest BCUT2D eigenvalue weighted by atomic mass is 32.2. The molecule has 0 atom stereocenters. The lowest BCUT2D eigenvalue weighted by Crippen LogP contribution is -2.27. The van der Waals surface area contributed by atoms with Gasteiger partial charge in [-0.05, 0) is 30.5 Å². The van der Waals surface area contributed by atoms with E-state index in [-0.39, 0.29) is 11.3 Å². The minimum atomic E-state index is -0.612. The summed E-state index contributed by atoms with van der Waals surface area (Å²) in [5.74, 6) is -0.204. The standard InChI is InChI=1S/C17H15N3O4S/c1-19(12-6-4-5-11(7-12)10-18)17(21)13-8-16(25-3)15(24-2)9-14(13)20(22)23/h4-9H,1-3H3. The summed E-state index contributed by atoms with van der Waals surface area (Å²) < 4.78 is 5.15. The summed E-state index contributed by atoms with van der Waals surface area (Å²) in [6, 6.07) is 11.2. The van der Waals surface area contributed by atoms with Crippen LogP contribution in [0.15, 0.2) is 41.3 Å². The smallest absolute Gasteiger partial charge is 0.285 e. The number of rotatable bonds is 5. The van der Waals surface area contributed by atoms with Gasteiger partial charge in [-0.15, -0.1) is 11.8 Å². The van der Waals surface area contributed by atoms with Crippen LogP contribution >= 0.6 is 11.8 Å². The summed E-state index contributed by atoms with van der Waals surface area (Å²) in [7, 11) is 2.92. The fourth-order valence-electron chi connectivity index (χ4n) is 2.27. The van der Waals surface area contributed by atoms with Crippen molar-refractivity contribution in [3.05, 3.63) is 57.6 Å². The van der Waals surface area contributed by atoms with E-state index in [0.29, 0.717) is 21.9 Å². The van der Waals surface area contributed by atoms with Crippen LogP contribution in [-0.2, 0) is 0 Å². The van der Waals surface area contributed by atoms with Crippen molar-refractivity contribution in [2.24, 2.45) is 0 Å². The Hall–Kier alpha value is -3.05. The van der Waals surface area contributed by atoms with Crippen molar-refractivity contribution < 1.29 is 14.5 Å². The predicted molar refractivity (Wildman–Crippen MR) is 95.3 cm³/mol. The number of anilines is 1. The van der Waals surface area contributed by atoms with E-state index < -0.39 is 10.8 Å². The van der Waals surface area contributed by atoms with Crippen LogP contribution in [0.4, 0.5) is 11.4 Å². The Kier molecular flexibility index (Phi) is 5.62. The molecule has 0 saturated heterocycles. The van der Waals surface area contributed by atoms with Gasteiger partial charge in [0.05, 0.1) is 34.6 Å². The SMILES string of the molecule is COc1cc([N+](=O)[O-])c(C(=O)N(C)c2cccc(C#N)c2)cc1SC. The number of thioether (sulfide) groups is 1. The third-order valence-electron chi connectivity index (χ3n) is 3.60. The van der Waals surface area contributed by atoms with Crippen LogP contribution in [-0.4, -0.2) is 31.2 Å². The van der Waals surface area contributed by atoms with E-state index in [4.69, 9.17) is 10.00 Å². The van der Waals surface area contributed by atoms with Crippen LogP contribution < -0.4 is 9.64 Å². The molecule has 0 N–H and O–H groups in total. The molecule has 0 fully saturated rings. The number of nitriles is 1. The summed E-state index contributed by atoms with van der Waals surface area (Å²) in [6.45, 7) is 0. The van der Waals surface area contributed by atoms with E-state index in [1.54, 1.807) is 30.5 Å². The average molecular weight is 357 g/mol. The van der Waals surface area contributed by atoms with Crippen molar-refractivity contribution in [3.63, 3.8) is 0 Å². The summed E-state index contributed by atoms with van der Waals surface area (Å²) in [4.78, 5) is 25.5. The maximum Gasteiger partial charge on any atom is 0.285 e. The molecule has 0 heterocycles. The molecule has 8 heteroatoms. The Morgan fingerprint density at radius 2 is 2.08 bits per heavy atom. The van der Waals surface area contributed by atoms with Gasteiger partial charge in [0.25, 0.3) is 11.6 Å². The Bertz CT molecular complexity index is 877. The number of benzene rings is 2. The minimum absolute atomic E-state index is 0.0417. The molecule has 0 aliphatic rings. The first-order chi connectivity index (χ1) is 11.9. The highest BCUT2D eigenvalue weighted by Gasteiger charge is 2.26. The minimum Gasteiger partial charge on any atom is -0.495 e. The van der Waals surface area contributed by atoms with Gasteiger partial charge in [0.1, 0.15) is 11.3 Å². The van der Waals surface area contributed by atoms with Crippen LogP contribution in [0.5, 0.6) is 5.75 Å². The van der Waals surface area contributed by atoms with Crippen LogP contribution in [0.3, 0.4) is 0 Å². The van der Waals surface area contributed by atoms with Crippen molar-refractivity contribution in [3.8, 4) is 11.8 Å². The molecule has 0 aliphatic heterocycles. The van der Waals surface area contributed by atoms with Crippen molar-refractivity contribution in [2.45, 2.75) is 4.90 Å². The number of amides is 1. The number of hydrogen-bond donors (Lipinski definition) is 0. The van der Waals surface area contributed by atoms with Gasteiger partial charge >= 0.3 is 0 Å². The molecule has 7 nitrogen and oxygen atoms in total.